The first kappa shape index (κ1) is 31.4. The van der Waals surface area contributed by atoms with Crippen LogP contribution in [0, 0.1) is 5.41 Å². The summed E-state index contributed by atoms with van der Waals surface area (Å²) in [7, 11) is 0. The highest BCUT2D eigenvalue weighted by molar-refractivity contribution is 5.89. The van der Waals surface area contributed by atoms with E-state index in [4.69, 9.17) is 4.74 Å². The maximum atomic E-state index is 14.5. The smallest absolute Gasteiger partial charge is 0.381 e. The summed E-state index contributed by atoms with van der Waals surface area (Å²) < 4.78 is 88.4. The van der Waals surface area contributed by atoms with E-state index in [1.165, 1.54) is 6.92 Å². The molecule has 1 spiro atoms. The van der Waals surface area contributed by atoms with Crippen LogP contribution in [0.3, 0.4) is 0 Å². The van der Waals surface area contributed by atoms with Gasteiger partial charge in [0.25, 0.3) is 0 Å². The number of likely N-dealkylation sites (tertiary alicyclic amines) is 2. The molecule has 2 aromatic carbocycles. The second-order valence-corrected chi connectivity index (χ2v) is 13.7. The van der Waals surface area contributed by atoms with Gasteiger partial charge in [0.2, 0.25) is 5.91 Å². The molecule has 44 heavy (non-hydrogen) atoms. The highest BCUT2D eigenvalue weighted by Crippen LogP contribution is 2.50. The standard InChI is InChI=1S/C34H40F6N2O2/c1-30(25-20-26(33(35,36)37)22-27(21-25)34(38,39)40)10-5-16-42(29(30)43)32(24-6-3-2-4-7-24)11-8-28(9-12-32)41-17-13-31(14-18-41)15-19-44-23-31/h2-4,6-7,20-22,28H,5,8-19,23H2,1H3/t28-,30?,32-. The third kappa shape index (κ3) is 5.65. The number of nitrogens with zero attached hydrogens (tertiary/aromatic N) is 2. The molecule has 2 aromatic rings. The average Bonchev–Trinajstić information content (AvgIpc) is 3.46. The van der Waals surface area contributed by atoms with Gasteiger partial charge in [0.05, 0.1) is 28.7 Å². The Hall–Kier alpha value is -2.59. The summed E-state index contributed by atoms with van der Waals surface area (Å²) in [5.74, 6) is -0.403. The van der Waals surface area contributed by atoms with E-state index in [0.29, 0.717) is 37.3 Å². The number of piperidine rings is 2. The van der Waals surface area contributed by atoms with Gasteiger partial charge in [-0.1, -0.05) is 30.3 Å². The predicted molar refractivity (Wildman–Crippen MR) is 154 cm³/mol. The van der Waals surface area contributed by atoms with Gasteiger partial charge in [0.1, 0.15) is 0 Å². The second kappa shape index (κ2) is 11.3. The lowest BCUT2D eigenvalue weighted by Crippen LogP contribution is -2.60. The van der Waals surface area contributed by atoms with E-state index >= 15 is 0 Å². The van der Waals surface area contributed by atoms with E-state index in [-0.39, 0.29) is 18.1 Å². The molecule has 240 valence electrons. The summed E-state index contributed by atoms with van der Waals surface area (Å²) in [6.45, 7) is 5.63. The number of alkyl halides is 6. The summed E-state index contributed by atoms with van der Waals surface area (Å²) in [6.07, 6.45) is -2.85. The molecule has 1 amide bonds. The van der Waals surface area contributed by atoms with Crippen LogP contribution in [-0.2, 0) is 32.8 Å². The molecule has 1 atom stereocenters. The van der Waals surface area contributed by atoms with Crippen molar-refractivity contribution in [2.75, 3.05) is 32.8 Å². The number of carbonyl (C=O) groups excluding carboxylic acids is 1. The monoisotopic (exact) mass is 622 g/mol. The molecule has 3 aliphatic heterocycles. The Morgan fingerprint density at radius 3 is 1.93 bits per heavy atom. The van der Waals surface area contributed by atoms with Gasteiger partial charge in [-0.25, -0.2) is 0 Å². The van der Waals surface area contributed by atoms with Crippen molar-refractivity contribution < 1.29 is 35.9 Å². The van der Waals surface area contributed by atoms with Crippen molar-refractivity contribution in [1.29, 1.82) is 0 Å². The van der Waals surface area contributed by atoms with Gasteiger partial charge >= 0.3 is 12.4 Å². The number of benzene rings is 2. The molecular formula is C34H40F6N2O2. The Morgan fingerprint density at radius 1 is 0.773 bits per heavy atom. The molecule has 0 bridgehead atoms. The van der Waals surface area contributed by atoms with Gasteiger partial charge in [-0.3, -0.25) is 4.79 Å². The number of rotatable bonds is 4. The summed E-state index contributed by atoms with van der Waals surface area (Å²) >= 11 is 0. The van der Waals surface area contributed by atoms with Crippen LogP contribution in [0.4, 0.5) is 26.3 Å². The van der Waals surface area contributed by atoms with E-state index in [9.17, 15) is 31.1 Å². The van der Waals surface area contributed by atoms with Crippen LogP contribution in [0.2, 0.25) is 0 Å². The van der Waals surface area contributed by atoms with Crippen molar-refractivity contribution in [3.8, 4) is 0 Å². The number of hydrogen-bond donors (Lipinski definition) is 0. The third-order valence-corrected chi connectivity index (χ3v) is 11.2. The highest BCUT2D eigenvalue weighted by Gasteiger charge is 2.52. The third-order valence-electron chi connectivity index (χ3n) is 11.2. The van der Waals surface area contributed by atoms with Gasteiger partial charge in [-0.2, -0.15) is 26.3 Å². The van der Waals surface area contributed by atoms with Crippen LogP contribution in [0.1, 0.15) is 87.0 Å². The fraction of sp³-hybridized carbons (Fsp3) is 0.618. The van der Waals surface area contributed by atoms with Crippen LogP contribution in [-0.4, -0.2) is 54.6 Å². The maximum Gasteiger partial charge on any atom is 0.416 e. The van der Waals surface area contributed by atoms with Crippen LogP contribution in [0.5, 0.6) is 0 Å². The molecule has 6 rings (SSSR count). The van der Waals surface area contributed by atoms with Crippen LogP contribution in [0.15, 0.2) is 48.5 Å². The molecule has 3 heterocycles. The largest absolute Gasteiger partial charge is 0.416 e. The lowest BCUT2D eigenvalue weighted by atomic mass is 9.68. The van der Waals surface area contributed by atoms with Crippen molar-refractivity contribution in [2.45, 2.75) is 94.1 Å². The number of carbonyl (C=O) groups is 1. The minimum Gasteiger partial charge on any atom is -0.381 e. The minimum absolute atomic E-state index is 0.132. The molecule has 10 heteroatoms. The number of hydrogen-bond acceptors (Lipinski definition) is 3. The second-order valence-electron chi connectivity index (χ2n) is 13.7. The van der Waals surface area contributed by atoms with Crippen molar-refractivity contribution in [1.82, 2.24) is 9.80 Å². The Kier molecular flexibility index (Phi) is 8.09. The van der Waals surface area contributed by atoms with Crippen LogP contribution in [0.25, 0.3) is 0 Å². The molecule has 1 unspecified atom stereocenters. The molecule has 1 saturated carbocycles. The fourth-order valence-electron chi connectivity index (χ4n) is 8.36. The average molecular weight is 623 g/mol. The normalized spacial score (nSPS) is 30.2. The Balaban J connectivity index is 1.30. The predicted octanol–water partition coefficient (Wildman–Crippen LogP) is 7.94. The first-order valence-electron chi connectivity index (χ1n) is 15.8. The van der Waals surface area contributed by atoms with Crippen LogP contribution >= 0.6 is 0 Å². The zero-order valence-electron chi connectivity index (χ0n) is 25.1. The van der Waals surface area contributed by atoms with Gasteiger partial charge in [-0.15, -0.1) is 0 Å². The molecule has 3 saturated heterocycles. The molecule has 4 nitrogen and oxygen atoms in total. The van der Waals surface area contributed by atoms with Gasteiger partial charge in [-0.05, 0) is 113 Å². The number of halogens is 6. The molecule has 4 fully saturated rings. The Morgan fingerprint density at radius 2 is 1.39 bits per heavy atom. The summed E-state index contributed by atoms with van der Waals surface area (Å²) in [5.41, 5.74) is -3.94. The van der Waals surface area contributed by atoms with Gasteiger partial charge in [0.15, 0.2) is 0 Å². The van der Waals surface area contributed by atoms with Crippen molar-refractivity contribution >= 4 is 5.91 Å². The number of ether oxygens (including phenoxy) is 1. The Labute approximate surface area is 254 Å². The van der Waals surface area contributed by atoms with Crippen LogP contribution < -0.4 is 0 Å². The number of amides is 1. The summed E-state index contributed by atoms with van der Waals surface area (Å²) in [6, 6.07) is 11.7. The molecule has 0 aromatic heterocycles. The quantitative estimate of drug-likeness (QED) is 0.325. The van der Waals surface area contributed by atoms with E-state index in [1.54, 1.807) is 4.90 Å². The maximum absolute atomic E-state index is 14.5. The SMILES string of the molecule is CC1(c2cc(C(F)(F)F)cc(C(F)(F)F)c2)CCCN([C@]2(c3ccccc3)CC[C@@H](N3CCC4(CCOC4)CC3)CC2)C1=O. The first-order valence-corrected chi connectivity index (χ1v) is 15.8. The minimum atomic E-state index is -4.98. The summed E-state index contributed by atoms with van der Waals surface area (Å²) in [4.78, 5) is 18.9. The summed E-state index contributed by atoms with van der Waals surface area (Å²) in [5, 5.41) is 0. The molecule has 0 N–H and O–H groups in total. The van der Waals surface area contributed by atoms with E-state index < -0.39 is 40.3 Å². The van der Waals surface area contributed by atoms with Gasteiger partial charge in [0, 0.05) is 19.2 Å². The molecule has 1 aliphatic carbocycles. The van der Waals surface area contributed by atoms with Crippen molar-refractivity contribution in [3.63, 3.8) is 0 Å². The zero-order chi connectivity index (χ0) is 31.4. The van der Waals surface area contributed by atoms with E-state index in [1.807, 2.05) is 30.3 Å². The fourth-order valence-corrected chi connectivity index (χ4v) is 8.36. The van der Waals surface area contributed by atoms with Gasteiger partial charge < -0.3 is 14.5 Å². The van der Waals surface area contributed by atoms with E-state index in [2.05, 4.69) is 4.90 Å². The highest BCUT2D eigenvalue weighted by atomic mass is 19.4. The van der Waals surface area contributed by atoms with Crippen molar-refractivity contribution in [2.24, 2.45) is 5.41 Å². The first-order chi connectivity index (χ1) is 20.8. The molecule has 4 aliphatic rings. The molecule has 0 radical (unpaired) electrons. The van der Waals surface area contributed by atoms with E-state index in [0.717, 1.165) is 76.1 Å². The Bertz CT molecular complexity index is 1300. The van der Waals surface area contributed by atoms with Crippen molar-refractivity contribution in [3.05, 3.63) is 70.8 Å². The topological polar surface area (TPSA) is 32.8 Å². The zero-order valence-corrected chi connectivity index (χ0v) is 25.1. The lowest BCUT2D eigenvalue weighted by Gasteiger charge is -2.54. The molecular weight excluding hydrogens is 582 g/mol. The lowest BCUT2D eigenvalue weighted by molar-refractivity contribution is -0.152.